The Bertz CT molecular complexity index is 621. The number of fused-ring (bicyclic) bond motifs is 1. The number of benzene rings is 1. The maximum absolute atomic E-state index is 11.2. The molecule has 0 aliphatic carbocycles. The summed E-state index contributed by atoms with van der Waals surface area (Å²) < 4.78 is 5.32. The van der Waals surface area contributed by atoms with Gasteiger partial charge in [0.05, 0.1) is 18.2 Å². The SMILES string of the molecule is O=C(O)c1cnc(NC2CCOC2)c2ccccc12. The molecule has 1 aromatic carbocycles. The first-order chi connectivity index (χ1) is 9.25. The van der Waals surface area contributed by atoms with Crippen molar-refractivity contribution in [3.8, 4) is 0 Å². The normalized spacial score (nSPS) is 18.6. The molecule has 1 unspecified atom stereocenters. The molecule has 2 heterocycles. The predicted octanol–water partition coefficient (Wildman–Crippen LogP) is 2.13. The average Bonchev–Trinajstić information content (AvgIpc) is 2.91. The van der Waals surface area contributed by atoms with E-state index in [1.807, 2.05) is 18.2 Å². The van der Waals surface area contributed by atoms with Crippen molar-refractivity contribution in [2.45, 2.75) is 12.5 Å². The second-order valence-electron chi connectivity index (χ2n) is 4.58. The van der Waals surface area contributed by atoms with Gasteiger partial charge in [0.1, 0.15) is 5.82 Å². The van der Waals surface area contributed by atoms with Crippen LogP contribution in [0.5, 0.6) is 0 Å². The van der Waals surface area contributed by atoms with Crippen LogP contribution < -0.4 is 5.32 Å². The summed E-state index contributed by atoms with van der Waals surface area (Å²) in [5.74, 6) is -0.240. The number of hydrogen-bond donors (Lipinski definition) is 2. The monoisotopic (exact) mass is 258 g/mol. The van der Waals surface area contributed by atoms with Crippen molar-refractivity contribution in [3.05, 3.63) is 36.0 Å². The van der Waals surface area contributed by atoms with Gasteiger partial charge in [-0.3, -0.25) is 0 Å². The molecule has 1 aromatic heterocycles. The van der Waals surface area contributed by atoms with Gasteiger partial charge in [0.25, 0.3) is 0 Å². The Balaban J connectivity index is 2.05. The molecule has 5 nitrogen and oxygen atoms in total. The smallest absolute Gasteiger partial charge is 0.337 e. The number of aromatic carboxylic acids is 1. The number of carboxylic acids is 1. The highest BCUT2D eigenvalue weighted by Crippen LogP contribution is 2.25. The van der Waals surface area contributed by atoms with Gasteiger partial charge in [-0.15, -0.1) is 0 Å². The highest BCUT2D eigenvalue weighted by Gasteiger charge is 2.18. The zero-order chi connectivity index (χ0) is 13.2. The quantitative estimate of drug-likeness (QED) is 0.882. The van der Waals surface area contributed by atoms with Crippen molar-refractivity contribution in [3.63, 3.8) is 0 Å². The Morgan fingerprint density at radius 3 is 2.84 bits per heavy atom. The molecule has 1 atom stereocenters. The highest BCUT2D eigenvalue weighted by atomic mass is 16.5. The summed E-state index contributed by atoms with van der Waals surface area (Å²) in [6.45, 7) is 1.42. The van der Waals surface area contributed by atoms with Crippen LogP contribution >= 0.6 is 0 Å². The summed E-state index contributed by atoms with van der Waals surface area (Å²) in [5, 5.41) is 14.0. The molecule has 19 heavy (non-hydrogen) atoms. The number of nitrogens with one attached hydrogen (secondary N) is 1. The van der Waals surface area contributed by atoms with Gasteiger partial charge in [0.2, 0.25) is 0 Å². The van der Waals surface area contributed by atoms with Crippen LogP contribution in [0.2, 0.25) is 0 Å². The molecule has 0 spiro atoms. The van der Waals surface area contributed by atoms with Crippen LogP contribution in [0.15, 0.2) is 30.5 Å². The molecule has 0 radical (unpaired) electrons. The van der Waals surface area contributed by atoms with Crippen LogP contribution in [0.3, 0.4) is 0 Å². The number of pyridine rings is 1. The molecule has 1 saturated heterocycles. The minimum Gasteiger partial charge on any atom is -0.478 e. The molecule has 2 N–H and O–H groups in total. The zero-order valence-electron chi connectivity index (χ0n) is 10.3. The topological polar surface area (TPSA) is 71.5 Å². The highest BCUT2D eigenvalue weighted by molar-refractivity contribution is 6.06. The first-order valence-electron chi connectivity index (χ1n) is 6.21. The fourth-order valence-electron chi connectivity index (χ4n) is 2.32. The number of carboxylic acid groups (broad SMARTS) is 1. The zero-order valence-corrected chi connectivity index (χ0v) is 10.3. The lowest BCUT2D eigenvalue weighted by molar-refractivity contribution is 0.0698. The van der Waals surface area contributed by atoms with E-state index >= 15 is 0 Å². The molecular formula is C14H14N2O3. The molecule has 0 bridgehead atoms. The third-order valence-electron chi connectivity index (χ3n) is 3.30. The Labute approximate surface area is 110 Å². The van der Waals surface area contributed by atoms with Crippen molar-refractivity contribution >= 4 is 22.6 Å². The molecule has 1 aliphatic heterocycles. The van der Waals surface area contributed by atoms with Crippen LogP contribution in [-0.4, -0.2) is 35.3 Å². The number of rotatable bonds is 3. The fraction of sp³-hybridized carbons (Fsp3) is 0.286. The molecule has 1 aliphatic rings. The predicted molar refractivity (Wildman–Crippen MR) is 71.5 cm³/mol. The van der Waals surface area contributed by atoms with E-state index in [1.54, 1.807) is 6.07 Å². The van der Waals surface area contributed by atoms with Gasteiger partial charge in [-0.05, 0) is 6.42 Å². The maximum Gasteiger partial charge on any atom is 0.337 e. The number of anilines is 1. The number of hydrogen-bond acceptors (Lipinski definition) is 4. The summed E-state index contributed by atoms with van der Waals surface area (Å²) in [5.41, 5.74) is 0.226. The molecule has 2 aromatic rings. The molecule has 1 fully saturated rings. The van der Waals surface area contributed by atoms with Gasteiger partial charge >= 0.3 is 5.97 Å². The standard InChI is InChI=1S/C14H14N2O3/c17-14(18)12-7-15-13(16-9-5-6-19-8-9)11-4-2-1-3-10(11)12/h1-4,7,9H,5-6,8H2,(H,15,16)(H,17,18). The Morgan fingerprint density at radius 2 is 2.16 bits per heavy atom. The molecule has 3 rings (SSSR count). The lowest BCUT2D eigenvalue weighted by atomic mass is 10.1. The molecule has 98 valence electrons. The summed E-state index contributed by atoms with van der Waals surface area (Å²) in [6, 6.07) is 7.64. The minimum atomic E-state index is -0.959. The second kappa shape index (κ2) is 4.85. The average molecular weight is 258 g/mol. The first kappa shape index (κ1) is 11.9. The van der Waals surface area contributed by atoms with Crippen LogP contribution in [0, 0.1) is 0 Å². The first-order valence-corrected chi connectivity index (χ1v) is 6.21. The van der Waals surface area contributed by atoms with Gasteiger partial charge in [-0.1, -0.05) is 24.3 Å². The van der Waals surface area contributed by atoms with E-state index < -0.39 is 5.97 Å². The fourth-order valence-corrected chi connectivity index (χ4v) is 2.32. The third-order valence-corrected chi connectivity index (χ3v) is 3.30. The van der Waals surface area contributed by atoms with Crippen molar-refractivity contribution < 1.29 is 14.6 Å². The van der Waals surface area contributed by atoms with Crippen LogP contribution in [0.25, 0.3) is 10.8 Å². The Kier molecular flexibility index (Phi) is 3.05. The van der Waals surface area contributed by atoms with Crippen molar-refractivity contribution in [2.75, 3.05) is 18.5 Å². The van der Waals surface area contributed by atoms with E-state index in [9.17, 15) is 9.90 Å². The van der Waals surface area contributed by atoms with Crippen molar-refractivity contribution in [2.24, 2.45) is 0 Å². The minimum absolute atomic E-state index is 0.226. The maximum atomic E-state index is 11.2. The summed E-state index contributed by atoms with van der Waals surface area (Å²) >= 11 is 0. The lowest BCUT2D eigenvalue weighted by Crippen LogP contribution is -2.20. The van der Waals surface area contributed by atoms with Gasteiger partial charge in [-0.2, -0.15) is 0 Å². The summed E-state index contributed by atoms with van der Waals surface area (Å²) in [6.07, 6.45) is 2.35. The number of aromatic nitrogens is 1. The van der Waals surface area contributed by atoms with Gasteiger partial charge in [-0.25, -0.2) is 9.78 Å². The largest absolute Gasteiger partial charge is 0.478 e. The van der Waals surface area contributed by atoms with E-state index in [-0.39, 0.29) is 11.6 Å². The number of nitrogens with zero attached hydrogens (tertiary/aromatic N) is 1. The van der Waals surface area contributed by atoms with E-state index in [0.717, 1.165) is 24.2 Å². The van der Waals surface area contributed by atoms with E-state index in [0.29, 0.717) is 12.0 Å². The summed E-state index contributed by atoms with van der Waals surface area (Å²) in [7, 11) is 0. The van der Waals surface area contributed by atoms with Gasteiger partial charge in [0.15, 0.2) is 0 Å². The molecule has 5 heteroatoms. The van der Waals surface area contributed by atoms with E-state index in [2.05, 4.69) is 10.3 Å². The third kappa shape index (κ3) is 2.24. The van der Waals surface area contributed by atoms with Gasteiger partial charge in [0, 0.05) is 23.6 Å². The second-order valence-corrected chi connectivity index (χ2v) is 4.58. The van der Waals surface area contributed by atoms with Crippen LogP contribution in [0.4, 0.5) is 5.82 Å². The Hall–Kier alpha value is -2.14. The van der Waals surface area contributed by atoms with E-state index in [4.69, 9.17) is 4.74 Å². The molecular weight excluding hydrogens is 244 g/mol. The molecule has 0 saturated carbocycles. The number of ether oxygens (including phenoxy) is 1. The van der Waals surface area contributed by atoms with E-state index in [1.165, 1.54) is 6.20 Å². The van der Waals surface area contributed by atoms with Crippen molar-refractivity contribution in [1.82, 2.24) is 4.98 Å². The number of carbonyl (C=O) groups is 1. The van der Waals surface area contributed by atoms with Crippen molar-refractivity contribution in [1.29, 1.82) is 0 Å². The van der Waals surface area contributed by atoms with Crippen LogP contribution in [-0.2, 0) is 4.74 Å². The Morgan fingerprint density at radius 1 is 1.37 bits per heavy atom. The lowest BCUT2D eigenvalue weighted by Gasteiger charge is -2.14. The summed E-state index contributed by atoms with van der Waals surface area (Å²) in [4.78, 5) is 15.4. The van der Waals surface area contributed by atoms with Gasteiger partial charge < -0.3 is 15.2 Å². The van der Waals surface area contributed by atoms with Crippen LogP contribution in [0.1, 0.15) is 16.8 Å². The molecule has 0 amide bonds.